The first-order valence-corrected chi connectivity index (χ1v) is 10.9. The number of anilines is 1. The van der Waals surface area contributed by atoms with E-state index < -0.39 is 10.0 Å². The summed E-state index contributed by atoms with van der Waals surface area (Å²) in [5.41, 5.74) is 4.11. The van der Waals surface area contributed by atoms with E-state index in [9.17, 15) is 8.42 Å². The fraction of sp³-hybridized carbons (Fsp3) is 0.250. The van der Waals surface area contributed by atoms with Crippen molar-refractivity contribution < 1.29 is 8.42 Å². The van der Waals surface area contributed by atoms with Crippen LogP contribution in [0.25, 0.3) is 0 Å². The second-order valence-corrected chi connectivity index (χ2v) is 9.24. The maximum absolute atomic E-state index is 13.1. The summed E-state index contributed by atoms with van der Waals surface area (Å²) < 4.78 is 30.3. The van der Waals surface area contributed by atoms with Crippen molar-refractivity contribution in [1.82, 2.24) is 9.78 Å². The van der Waals surface area contributed by atoms with Gasteiger partial charge in [-0.25, -0.2) is 8.42 Å². The average molecular weight is 438 g/mol. The van der Waals surface area contributed by atoms with E-state index in [4.69, 9.17) is 23.2 Å². The Bertz CT molecular complexity index is 1130. The maximum Gasteiger partial charge on any atom is 0.263 e. The molecular formula is C20H21Cl2N3O2S. The highest BCUT2D eigenvalue weighted by atomic mass is 35.5. The molecule has 0 fully saturated rings. The lowest BCUT2D eigenvalue weighted by atomic mass is 10.0. The van der Waals surface area contributed by atoms with Gasteiger partial charge in [0.2, 0.25) is 0 Å². The molecule has 0 atom stereocenters. The molecule has 0 amide bonds. The molecular weight excluding hydrogens is 417 g/mol. The number of hydrogen-bond donors (Lipinski definition) is 1. The van der Waals surface area contributed by atoms with E-state index >= 15 is 0 Å². The molecule has 1 heterocycles. The molecule has 0 saturated carbocycles. The monoisotopic (exact) mass is 437 g/mol. The fourth-order valence-electron chi connectivity index (χ4n) is 3.11. The van der Waals surface area contributed by atoms with Gasteiger partial charge >= 0.3 is 0 Å². The molecule has 0 aliphatic carbocycles. The maximum atomic E-state index is 13.1. The zero-order valence-corrected chi connectivity index (χ0v) is 18.4. The van der Waals surface area contributed by atoms with Gasteiger partial charge in [-0.3, -0.25) is 9.40 Å². The minimum Gasteiger partial charge on any atom is -0.265 e. The minimum atomic E-state index is -3.85. The number of hydrogen-bond acceptors (Lipinski definition) is 3. The number of sulfonamides is 1. The Morgan fingerprint density at radius 1 is 1.00 bits per heavy atom. The Hall–Kier alpha value is -2.02. The van der Waals surface area contributed by atoms with Crippen molar-refractivity contribution in [3.8, 4) is 0 Å². The molecule has 0 unspecified atom stereocenters. The smallest absolute Gasteiger partial charge is 0.263 e. The van der Waals surface area contributed by atoms with Crippen LogP contribution in [0.5, 0.6) is 0 Å². The Kier molecular flexibility index (Phi) is 5.75. The van der Waals surface area contributed by atoms with E-state index in [2.05, 4.69) is 9.82 Å². The first-order chi connectivity index (χ1) is 13.1. The Morgan fingerprint density at radius 2 is 1.61 bits per heavy atom. The van der Waals surface area contributed by atoms with Crippen LogP contribution in [-0.4, -0.2) is 18.2 Å². The molecule has 0 bridgehead atoms. The zero-order valence-electron chi connectivity index (χ0n) is 16.0. The summed E-state index contributed by atoms with van der Waals surface area (Å²) in [5, 5.41) is 5.12. The van der Waals surface area contributed by atoms with Crippen LogP contribution in [0.3, 0.4) is 0 Å². The average Bonchev–Trinajstić information content (AvgIpc) is 2.94. The van der Waals surface area contributed by atoms with Gasteiger partial charge in [-0.05, 0) is 61.6 Å². The summed E-state index contributed by atoms with van der Waals surface area (Å²) in [7, 11) is -3.85. The third kappa shape index (κ3) is 4.04. The van der Waals surface area contributed by atoms with Crippen molar-refractivity contribution in [1.29, 1.82) is 0 Å². The van der Waals surface area contributed by atoms with E-state index in [1.54, 1.807) is 30.8 Å². The molecule has 3 aromatic rings. The number of rotatable bonds is 5. The van der Waals surface area contributed by atoms with Crippen molar-refractivity contribution in [3.63, 3.8) is 0 Å². The normalized spacial score (nSPS) is 11.6. The number of nitrogens with one attached hydrogen (secondary N) is 1. The Balaban J connectivity index is 1.94. The summed E-state index contributed by atoms with van der Waals surface area (Å²) in [6.45, 7) is 7.77. The molecule has 1 aromatic heterocycles. The lowest BCUT2D eigenvalue weighted by molar-refractivity contribution is 0.599. The Morgan fingerprint density at radius 3 is 2.21 bits per heavy atom. The molecule has 1 N–H and O–H groups in total. The van der Waals surface area contributed by atoms with Gasteiger partial charge in [0, 0.05) is 11.2 Å². The number of halogens is 2. The number of benzene rings is 2. The van der Waals surface area contributed by atoms with Crippen LogP contribution in [0, 0.1) is 27.7 Å². The lowest BCUT2D eigenvalue weighted by Crippen LogP contribution is -2.17. The molecule has 8 heteroatoms. The van der Waals surface area contributed by atoms with Crippen LogP contribution in [0.15, 0.2) is 41.4 Å². The Labute approximate surface area is 175 Å². The van der Waals surface area contributed by atoms with Crippen molar-refractivity contribution in [3.05, 3.63) is 74.4 Å². The molecule has 2 aromatic carbocycles. The van der Waals surface area contributed by atoms with E-state index in [0.717, 1.165) is 16.7 Å². The fourth-order valence-corrected chi connectivity index (χ4v) is 5.20. The quantitative estimate of drug-likeness (QED) is 0.590. The molecule has 28 heavy (non-hydrogen) atoms. The van der Waals surface area contributed by atoms with Gasteiger partial charge in [-0.2, -0.15) is 5.10 Å². The van der Waals surface area contributed by atoms with Crippen LogP contribution in [0.4, 0.5) is 5.82 Å². The second kappa shape index (κ2) is 7.78. The predicted molar refractivity (Wildman–Crippen MR) is 114 cm³/mol. The van der Waals surface area contributed by atoms with Crippen molar-refractivity contribution in [2.24, 2.45) is 0 Å². The van der Waals surface area contributed by atoms with Gasteiger partial charge in [0.05, 0.1) is 11.4 Å². The van der Waals surface area contributed by atoms with Crippen molar-refractivity contribution >= 4 is 39.0 Å². The summed E-state index contributed by atoms with van der Waals surface area (Å²) in [6, 6.07) is 9.37. The highest BCUT2D eigenvalue weighted by Crippen LogP contribution is 2.29. The molecule has 0 aliphatic rings. The molecule has 3 rings (SSSR count). The van der Waals surface area contributed by atoms with Gasteiger partial charge < -0.3 is 0 Å². The predicted octanol–water partition coefficient (Wildman–Crippen LogP) is 5.27. The molecule has 0 aliphatic heterocycles. The SMILES string of the molecule is Cc1cc(C)c(C)c(S(=O)(=O)Nc2nn(Cc3ccccc3Cl)cc2Cl)c1C. The van der Waals surface area contributed by atoms with Crippen molar-refractivity contribution in [2.75, 3.05) is 4.72 Å². The molecule has 0 radical (unpaired) electrons. The summed E-state index contributed by atoms with van der Waals surface area (Å²) in [4.78, 5) is 0.265. The van der Waals surface area contributed by atoms with Gasteiger partial charge in [0.15, 0.2) is 5.82 Å². The first-order valence-electron chi connectivity index (χ1n) is 8.66. The number of aromatic nitrogens is 2. The topological polar surface area (TPSA) is 64.0 Å². The van der Waals surface area contributed by atoms with Crippen LogP contribution >= 0.6 is 23.2 Å². The minimum absolute atomic E-state index is 0.0895. The van der Waals surface area contributed by atoms with Gasteiger partial charge in [-0.15, -0.1) is 0 Å². The summed E-state index contributed by atoms with van der Waals surface area (Å²) >= 11 is 12.4. The van der Waals surface area contributed by atoms with E-state index in [1.807, 2.05) is 38.1 Å². The van der Waals surface area contributed by atoms with Crippen LogP contribution in [0.2, 0.25) is 10.0 Å². The third-order valence-electron chi connectivity index (χ3n) is 4.80. The molecule has 5 nitrogen and oxygen atoms in total. The van der Waals surface area contributed by atoms with Gasteiger partial charge in [0.25, 0.3) is 10.0 Å². The highest BCUT2D eigenvalue weighted by molar-refractivity contribution is 7.92. The standard InChI is InChI=1S/C20H21Cl2N3O2S/c1-12-9-13(2)15(4)19(14(12)3)28(26,27)24-20-18(22)11-25(23-20)10-16-7-5-6-8-17(16)21/h5-9,11H,10H2,1-4H3,(H,23,24). The van der Waals surface area contributed by atoms with Crippen LogP contribution < -0.4 is 4.72 Å². The van der Waals surface area contributed by atoms with E-state index in [0.29, 0.717) is 22.7 Å². The van der Waals surface area contributed by atoms with Gasteiger partial charge in [-0.1, -0.05) is 47.5 Å². The summed E-state index contributed by atoms with van der Waals surface area (Å²) in [6.07, 6.45) is 1.57. The summed E-state index contributed by atoms with van der Waals surface area (Å²) in [5.74, 6) is 0.0895. The van der Waals surface area contributed by atoms with Gasteiger partial charge in [0.1, 0.15) is 5.02 Å². The zero-order chi connectivity index (χ0) is 20.6. The largest absolute Gasteiger partial charge is 0.265 e. The first kappa shape index (κ1) is 20.7. The third-order valence-corrected chi connectivity index (χ3v) is 7.06. The van der Waals surface area contributed by atoms with E-state index in [1.165, 1.54) is 0 Å². The van der Waals surface area contributed by atoms with Crippen LogP contribution in [-0.2, 0) is 16.6 Å². The molecule has 0 saturated heterocycles. The van der Waals surface area contributed by atoms with E-state index in [-0.39, 0.29) is 15.7 Å². The van der Waals surface area contributed by atoms with Crippen LogP contribution in [0.1, 0.15) is 27.8 Å². The molecule has 0 spiro atoms. The molecule has 148 valence electrons. The second-order valence-electron chi connectivity index (χ2n) is 6.81. The number of aryl methyl sites for hydroxylation is 2. The number of nitrogens with zero attached hydrogens (tertiary/aromatic N) is 2. The highest BCUT2D eigenvalue weighted by Gasteiger charge is 2.24. The lowest BCUT2D eigenvalue weighted by Gasteiger charge is -2.16. The van der Waals surface area contributed by atoms with Crippen molar-refractivity contribution in [2.45, 2.75) is 39.1 Å².